The van der Waals surface area contributed by atoms with Crippen LogP contribution in [0.5, 0.6) is 5.88 Å². The van der Waals surface area contributed by atoms with Crippen LogP contribution in [-0.4, -0.2) is 47.7 Å². The SMILES string of the molecule is CCCCC(=O)N1CC2(C1)OCC[C@@H]2COc1ncccc1F. The number of likely N-dealkylation sites (tertiary alicyclic amines) is 1. The number of nitrogens with zero attached hydrogens (tertiary/aromatic N) is 2. The van der Waals surface area contributed by atoms with Gasteiger partial charge in [-0.05, 0) is 25.0 Å². The number of ether oxygens (including phenoxy) is 2. The minimum Gasteiger partial charge on any atom is -0.475 e. The molecule has 126 valence electrons. The van der Waals surface area contributed by atoms with Gasteiger partial charge in [-0.1, -0.05) is 13.3 Å². The number of aromatic nitrogens is 1. The molecule has 3 rings (SSSR count). The molecule has 0 N–H and O–H groups in total. The summed E-state index contributed by atoms with van der Waals surface area (Å²) in [6, 6.07) is 2.87. The molecule has 0 saturated carbocycles. The number of hydrogen-bond acceptors (Lipinski definition) is 4. The molecule has 0 aliphatic carbocycles. The topological polar surface area (TPSA) is 51.7 Å². The molecular weight excluding hydrogens is 299 g/mol. The molecule has 0 unspecified atom stereocenters. The molecule has 1 spiro atoms. The zero-order valence-corrected chi connectivity index (χ0v) is 13.5. The molecule has 1 aromatic heterocycles. The normalized spacial score (nSPS) is 22.2. The van der Waals surface area contributed by atoms with Crippen molar-refractivity contribution in [2.75, 3.05) is 26.3 Å². The van der Waals surface area contributed by atoms with Crippen LogP contribution in [0.25, 0.3) is 0 Å². The molecule has 1 atom stereocenters. The van der Waals surface area contributed by atoms with Gasteiger partial charge in [0, 0.05) is 25.1 Å². The monoisotopic (exact) mass is 322 g/mol. The summed E-state index contributed by atoms with van der Waals surface area (Å²) < 4.78 is 25.0. The second kappa shape index (κ2) is 6.83. The molecule has 2 fully saturated rings. The average molecular weight is 322 g/mol. The van der Waals surface area contributed by atoms with E-state index in [0.29, 0.717) is 32.7 Å². The number of carbonyl (C=O) groups excluding carboxylic acids is 1. The smallest absolute Gasteiger partial charge is 0.250 e. The highest BCUT2D eigenvalue weighted by Gasteiger charge is 2.54. The van der Waals surface area contributed by atoms with Gasteiger partial charge in [0.25, 0.3) is 0 Å². The zero-order valence-electron chi connectivity index (χ0n) is 13.5. The van der Waals surface area contributed by atoms with Gasteiger partial charge in [-0.3, -0.25) is 4.79 Å². The van der Waals surface area contributed by atoms with Crippen molar-refractivity contribution in [2.24, 2.45) is 5.92 Å². The summed E-state index contributed by atoms with van der Waals surface area (Å²) in [5.41, 5.74) is -0.312. The van der Waals surface area contributed by atoms with Crippen molar-refractivity contribution in [2.45, 2.75) is 38.2 Å². The third-order valence-electron chi connectivity index (χ3n) is 4.76. The molecule has 0 bridgehead atoms. The second-order valence-electron chi connectivity index (χ2n) is 6.35. The lowest BCUT2D eigenvalue weighted by atomic mass is 9.81. The highest BCUT2D eigenvalue weighted by molar-refractivity contribution is 5.77. The van der Waals surface area contributed by atoms with Gasteiger partial charge in [-0.2, -0.15) is 0 Å². The zero-order chi connectivity index (χ0) is 16.3. The van der Waals surface area contributed by atoms with E-state index in [-0.39, 0.29) is 23.3 Å². The highest BCUT2D eigenvalue weighted by atomic mass is 19.1. The van der Waals surface area contributed by atoms with Crippen molar-refractivity contribution >= 4 is 5.91 Å². The van der Waals surface area contributed by atoms with E-state index in [0.717, 1.165) is 19.3 Å². The van der Waals surface area contributed by atoms with Crippen LogP contribution in [0.2, 0.25) is 0 Å². The number of pyridine rings is 1. The number of hydrogen-bond donors (Lipinski definition) is 0. The van der Waals surface area contributed by atoms with Crippen molar-refractivity contribution in [3.63, 3.8) is 0 Å². The van der Waals surface area contributed by atoms with Crippen LogP contribution < -0.4 is 4.74 Å². The quantitative estimate of drug-likeness (QED) is 0.807. The third kappa shape index (κ3) is 3.32. The fourth-order valence-corrected chi connectivity index (χ4v) is 3.29. The number of halogens is 1. The van der Waals surface area contributed by atoms with Gasteiger partial charge in [0.05, 0.1) is 19.7 Å². The minimum absolute atomic E-state index is 0.0322. The summed E-state index contributed by atoms with van der Waals surface area (Å²) in [7, 11) is 0. The van der Waals surface area contributed by atoms with Gasteiger partial charge < -0.3 is 14.4 Å². The Kier molecular flexibility index (Phi) is 4.80. The fourth-order valence-electron chi connectivity index (χ4n) is 3.29. The Morgan fingerprint density at radius 1 is 1.57 bits per heavy atom. The summed E-state index contributed by atoms with van der Waals surface area (Å²) in [6.45, 7) is 4.35. The van der Waals surface area contributed by atoms with Crippen LogP contribution in [0, 0.1) is 11.7 Å². The van der Waals surface area contributed by atoms with Gasteiger partial charge in [-0.25, -0.2) is 9.37 Å². The molecule has 6 heteroatoms. The van der Waals surface area contributed by atoms with Crippen LogP contribution >= 0.6 is 0 Å². The molecule has 3 heterocycles. The van der Waals surface area contributed by atoms with Crippen molar-refractivity contribution in [1.82, 2.24) is 9.88 Å². The molecule has 5 nitrogen and oxygen atoms in total. The first-order chi connectivity index (χ1) is 11.1. The van der Waals surface area contributed by atoms with Gasteiger partial charge in [0.2, 0.25) is 11.8 Å². The Morgan fingerprint density at radius 2 is 2.39 bits per heavy atom. The molecular formula is C17H23FN2O3. The maximum atomic E-state index is 13.6. The molecule has 2 aliphatic rings. The molecule has 0 radical (unpaired) electrons. The Hall–Kier alpha value is -1.69. The molecule has 1 aromatic rings. The van der Waals surface area contributed by atoms with Gasteiger partial charge in [0.15, 0.2) is 5.82 Å². The van der Waals surface area contributed by atoms with E-state index in [2.05, 4.69) is 11.9 Å². The maximum absolute atomic E-state index is 13.6. The van der Waals surface area contributed by atoms with Crippen molar-refractivity contribution in [3.8, 4) is 5.88 Å². The second-order valence-corrected chi connectivity index (χ2v) is 6.35. The van der Waals surface area contributed by atoms with Crippen LogP contribution in [0.15, 0.2) is 18.3 Å². The summed E-state index contributed by atoms with van der Waals surface area (Å²) in [4.78, 5) is 17.8. The van der Waals surface area contributed by atoms with Crippen molar-refractivity contribution < 1.29 is 18.7 Å². The summed E-state index contributed by atoms with van der Waals surface area (Å²) >= 11 is 0. The van der Waals surface area contributed by atoms with E-state index in [1.54, 1.807) is 0 Å². The summed E-state index contributed by atoms with van der Waals surface area (Å²) in [6.07, 6.45) is 4.93. The molecule has 2 saturated heterocycles. The largest absolute Gasteiger partial charge is 0.475 e. The van der Waals surface area contributed by atoms with Gasteiger partial charge in [0.1, 0.15) is 5.60 Å². The van der Waals surface area contributed by atoms with E-state index in [4.69, 9.17) is 9.47 Å². The highest BCUT2D eigenvalue weighted by Crippen LogP contribution is 2.40. The predicted molar refractivity (Wildman–Crippen MR) is 82.6 cm³/mol. The molecule has 2 aliphatic heterocycles. The standard InChI is InChI=1S/C17H23FN2O3/c1-2-3-6-15(21)20-11-17(12-20)13(7-9-23-17)10-22-16-14(18)5-4-8-19-16/h4-5,8,13H,2-3,6-7,9-12H2,1H3/t13-/m1/s1. The number of amides is 1. The molecule has 23 heavy (non-hydrogen) atoms. The first-order valence-corrected chi connectivity index (χ1v) is 8.29. The summed E-state index contributed by atoms with van der Waals surface area (Å²) in [5.74, 6) is -0.0576. The first kappa shape index (κ1) is 16.2. The minimum atomic E-state index is -0.453. The van der Waals surface area contributed by atoms with E-state index in [1.165, 1.54) is 18.3 Å². The third-order valence-corrected chi connectivity index (χ3v) is 4.76. The van der Waals surface area contributed by atoms with Gasteiger partial charge >= 0.3 is 0 Å². The predicted octanol–water partition coefficient (Wildman–Crippen LogP) is 2.41. The van der Waals surface area contributed by atoms with Gasteiger partial charge in [-0.15, -0.1) is 0 Å². The lowest BCUT2D eigenvalue weighted by Gasteiger charge is -2.50. The van der Waals surface area contributed by atoms with E-state index in [1.807, 2.05) is 4.90 Å². The van der Waals surface area contributed by atoms with E-state index < -0.39 is 5.82 Å². The Labute approximate surface area is 135 Å². The van der Waals surface area contributed by atoms with Crippen LogP contribution in [0.4, 0.5) is 4.39 Å². The number of rotatable bonds is 6. The Morgan fingerprint density at radius 3 is 3.13 bits per heavy atom. The van der Waals surface area contributed by atoms with Crippen molar-refractivity contribution in [3.05, 3.63) is 24.1 Å². The first-order valence-electron chi connectivity index (χ1n) is 8.29. The molecule has 1 amide bonds. The Bertz CT molecular complexity index is 561. The van der Waals surface area contributed by atoms with Crippen LogP contribution in [0.3, 0.4) is 0 Å². The molecule has 0 aromatic carbocycles. The summed E-state index contributed by atoms with van der Waals surface area (Å²) in [5, 5.41) is 0. The maximum Gasteiger partial charge on any atom is 0.250 e. The Balaban J connectivity index is 1.53. The number of unbranched alkanes of at least 4 members (excludes halogenated alkanes) is 1. The fraction of sp³-hybridized carbons (Fsp3) is 0.647. The van der Waals surface area contributed by atoms with Crippen LogP contribution in [-0.2, 0) is 9.53 Å². The number of carbonyl (C=O) groups is 1. The van der Waals surface area contributed by atoms with Crippen LogP contribution in [0.1, 0.15) is 32.6 Å². The van der Waals surface area contributed by atoms with Crippen molar-refractivity contribution in [1.29, 1.82) is 0 Å². The lowest BCUT2D eigenvalue weighted by molar-refractivity contribution is -0.167. The van der Waals surface area contributed by atoms with E-state index in [9.17, 15) is 9.18 Å². The lowest BCUT2D eigenvalue weighted by Crippen LogP contribution is -2.66. The van der Waals surface area contributed by atoms with E-state index >= 15 is 0 Å². The average Bonchev–Trinajstić information content (AvgIpc) is 2.94.